The lowest BCUT2D eigenvalue weighted by molar-refractivity contribution is 0.195. The van der Waals surface area contributed by atoms with E-state index in [9.17, 15) is 0 Å². The lowest BCUT2D eigenvalue weighted by Crippen LogP contribution is -2.62. The van der Waals surface area contributed by atoms with Gasteiger partial charge in [-0.1, -0.05) is 184 Å². The molecule has 4 aliphatic carbocycles. The van der Waals surface area contributed by atoms with Crippen molar-refractivity contribution in [3.8, 4) is 0 Å². The molecule has 1 saturated carbocycles. The number of aryl methyl sites for hydroxylation is 1. The smallest absolute Gasteiger partial charge is 0.252 e. The van der Waals surface area contributed by atoms with Crippen molar-refractivity contribution in [3.05, 3.63) is 159 Å². The maximum atomic E-state index is 7.46. The average molecular weight is 1110 g/mol. The van der Waals surface area contributed by atoms with E-state index in [1.54, 1.807) is 0 Å². The van der Waals surface area contributed by atoms with E-state index in [-0.39, 0.29) is 55.6 Å². The summed E-state index contributed by atoms with van der Waals surface area (Å²) in [7, 11) is 0. The first-order valence-corrected chi connectivity index (χ1v) is 32.5. The zero-order valence-corrected chi connectivity index (χ0v) is 54.3. The predicted octanol–water partition coefficient (Wildman–Crippen LogP) is 20.1. The minimum absolute atomic E-state index is 0.0000643. The van der Waals surface area contributed by atoms with Crippen LogP contribution >= 0.6 is 0 Å². The van der Waals surface area contributed by atoms with E-state index in [4.69, 9.17) is 4.42 Å². The molecule has 432 valence electrons. The molecule has 4 heterocycles. The molecular weight excluding hydrogens is 1020 g/mol. The van der Waals surface area contributed by atoms with Crippen molar-refractivity contribution in [2.45, 2.75) is 238 Å². The molecule has 0 N–H and O–H groups in total. The summed E-state index contributed by atoms with van der Waals surface area (Å²) in [4.78, 5) is 8.42. The SMILES string of the molecule is Cc1cc2c(cc1N1c3cc(N4c5ccc(C(C)(C)C)cc5C5(C)CCCCC45C)cc4c3B(c3cc5c(cc3N4c3ccc4c(c3)C(C)(C)CCC4(C)C)C(C)(C)CCC5(C)C)c3ccc4c(oc5ccccc54)c31)C(C)(C)CCC2(C)C. The lowest BCUT2D eigenvalue weighted by Gasteiger charge is -2.51. The maximum absolute atomic E-state index is 7.46. The predicted molar refractivity (Wildman–Crippen MR) is 360 cm³/mol. The number of hydrogen-bond donors (Lipinski definition) is 0. The molecule has 2 atom stereocenters. The number of rotatable bonds is 3. The van der Waals surface area contributed by atoms with Crippen LogP contribution in [0.15, 0.2) is 114 Å². The van der Waals surface area contributed by atoms with E-state index >= 15 is 0 Å². The summed E-state index contributed by atoms with van der Waals surface area (Å²) in [6.45, 7) is 44.7. The summed E-state index contributed by atoms with van der Waals surface area (Å²) in [6.07, 6.45) is 11.7. The highest BCUT2D eigenvalue weighted by Crippen LogP contribution is 2.63. The van der Waals surface area contributed by atoms with Crippen LogP contribution in [0, 0.1) is 6.92 Å². The van der Waals surface area contributed by atoms with E-state index in [1.165, 1.54) is 155 Å². The normalized spacial score (nSPS) is 24.2. The number of benzene rings is 7. The molecule has 15 rings (SSSR count). The highest BCUT2D eigenvalue weighted by molar-refractivity contribution is 7.00. The monoisotopic (exact) mass is 1110 g/mol. The van der Waals surface area contributed by atoms with Gasteiger partial charge in [-0.25, -0.2) is 0 Å². The topological polar surface area (TPSA) is 22.9 Å². The summed E-state index contributed by atoms with van der Waals surface area (Å²) in [6, 6.07) is 45.1. The second-order valence-corrected chi connectivity index (χ2v) is 33.3. The van der Waals surface area contributed by atoms with Crippen molar-refractivity contribution in [1.82, 2.24) is 0 Å². The van der Waals surface area contributed by atoms with Crippen molar-refractivity contribution in [1.29, 1.82) is 0 Å². The summed E-state index contributed by atoms with van der Waals surface area (Å²) in [5, 5.41) is 2.34. The summed E-state index contributed by atoms with van der Waals surface area (Å²) in [5.74, 6) is 0. The second-order valence-electron chi connectivity index (χ2n) is 33.3. The van der Waals surface area contributed by atoms with Crippen molar-refractivity contribution < 1.29 is 4.42 Å². The Kier molecular flexibility index (Phi) is 11.1. The fourth-order valence-corrected chi connectivity index (χ4v) is 18.2. The fourth-order valence-electron chi connectivity index (χ4n) is 18.2. The van der Waals surface area contributed by atoms with Gasteiger partial charge in [0.15, 0.2) is 5.58 Å². The van der Waals surface area contributed by atoms with Gasteiger partial charge in [0.05, 0.1) is 11.2 Å². The van der Waals surface area contributed by atoms with Gasteiger partial charge in [0.2, 0.25) is 0 Å². The van der Waals surface area contributed by atoms with Gasteiger partial charge in [-0.15, -0.1) is 0 Å². The number of anilines is 8. The van der Waals surface area contributed by atoms with E-state index in [0.29, 0.717) is 0 Å². The lowest BCUT2D eigenvalue weighted by atomic mass is 9.33. The summed E-state index contributed by atoms with van der Waals surface area (Å²) < 4.78 is 7.46. The third kappa shape index (κ3) is 7.32. The van der Waals surface area contributed by atoms with Gasteiger partial charge in [0.25, 0.3) is 6.71 Å². The summed E-state index contributed by atoms with van der Waals surface area (Å²) >= 11 is 0. The number of para-hydroxylation sites is 1. The third-order valence-electron chi connectivity index (χ3n) is 24.3. The van der Waals surface area contributed by atoms with Crippen LogP contribution in [0.1, 0.15) is 232 Å². The Morgan fingerprint density at radius 3 is 1.63 bits per heavy atom. The molecule has 8 aromatic rings. The van der Waals surface area contributed by atoms with Gasteiger partial charge >= 0.3 is 0 Å². The molecule has 1 aromatic heterocycles. The highest BCUT2D eigenvalue weighted by Gasteiger charge is 2.59. The van der Waals surface area contributed by atoms with Crippen molar-refractivity contribution >= 4 is 90.5 Å². The number of fused-ring (bicyclic) bond motifs is 14. The van der Waals surface area contributed by atoms with Gasteiger partial charge in [-0.05, 0) is 218 Å². The molecule has 5 heteroatoms. The molecule has 1 fully saturated rings. The number of nitrogens with zero attached hydrogens (tertiary/aromatic N) is 3. The van der Waals surface area contributed by atoms with Crippen LogP contribution in [-0.2, 0) is 43.3 Å². The maximum Gasteiger partial charge on any atom is 0.252 e. The van der Waals surface area contributed by atoms with Gasteiger partial charge in [-0.2, -0.15) is 0 Å². The van der Waals surface area contributed by atoms with Crippen molar-refractivity contribution in [3.63, 3.8) is 0 Å². The van der Waals surface area contributed by atoms with Crippen LogP contribution in [0.5, 0.6) is 0 Å². The zero-order valence-electron chi connectivity index (χ0n) is 54.3. The minimum Gasteiger partial charge on any atom is -0.454 e. The van der Waals surface area contributed by atoms with Crippen LogP contribution in [0.4, 0.5) is 45.5 Å². The van der Waals surface area contributed by atoms with Crippen LogP contribution in [0.3, 0.4) is 0 Å². The number of hydrogen-bond acceptors (Lipinski definition) is 4. The van der Waals surface area contributed by atoms with Crippen LogP contribution in [0.2, 0.25) is 0 Å². The molecular formula is C79H92BN3O. The third-order valence-corrected chi connectivity index (χ3v) is 24.3. The first kappa shape index (κ1) is 54.5. The fraction of sp³-hybridized carbons (Fsp3) is 0.468. The first-order chi connectivity index (χ1) is 39.4. The van der Waals surface area contributed by atoms with Crippen LogP contribution in [-0.4, -0.2) is 12.3 Å². The molecule has 0 radical (unpaired) electrons. The van der Waals surface area contributed by atoms with Gasteiger partial charge in [-0.3, -0.25) is 0 Å². The van der Waals surface area contributed by atoms with Crippen LogP contribution in [0.25, 0.3) is 21.9 Å². The molecule has 0 spiro atoms. The Morgan fingerprint density at radius 2 is 0.988 bits per heavy atom. The standard InChI is InChI=1S/C79H92BN3O/c1-47-39-54-57(76(13,14)37-35-73(54,7)8)45-63(47)82-66-43-50(83-62-30-25-48(71(2,3)4)40-59(62)78(17)31-21-22-32-79(78,83)18)42-65-68(66)80(60-29-27-52-51-23-19-20-24-67(51)84-70(52)69(60)82)61-44-56-58(77(15,16)38-36-75(56,11)12)46-64(61)81(65)49-26-28-53-55(41-49)74(9,10)34-33-72(53,5)6/h19-20,23-30,39-46H,21-22,31-38H2,1-18H3. The van der Waals surface area contributed by atoms with Gasteiger partial charge in [0, 0.05) is 56.0 Å². The Balaban J connectivity index is 1.13. The Bertz CT molecular complexity index is 4170. The highest BCUT2D eigenvalue weighted by atomic mass is 16.3. The van der Waals surface area contributed by atoms with E-state index in [1.807, 2.05) is 0 Å². The largest absolute Gasteiger partial charge is 0.454 e. The molecule has 84 heavy (non-hydrogen) atoms. The molecule has 0 bridgehead atoms. The molecule has 7 aromatic carbocycles. The molecule has 7 aliphatic rings. The van der Waals surface area contributed by atoms with E-state index in [0.717, 1.165) is 43.3 Å². The Morgan fingerprint density at radius 1 is 0.429 bits per heavy atom. The van der Waals surface area contributed by atoms with E-state index in [2.05, 4.69) is 249 Å². The Hall–Kier alpha value is -6.20. The second kappa shape index (κ2) is 17.1. The molecule has 4 nitrogen and oxygen atoms in total. The quantitative estimate of drug-likeness (QED) is 0.165. The van der Waals surface area contributed by atoms with E-state index < -0.39 is 0 Å². The summed E-state index contributed by atoms with van der Waals surface area (Å²) in [5.41, 5.74) is 29.4. The molecule has 3 aliphatic heterocycles. The first-order valence-electron chi connectivity index (χ1n) is 32.5. The number of furan rings is 1. The minimum atomic E-state index is -0.182. The average Bonchev–Trinajstić information content (AvgIpc) is 1.09. The van der Waals surface area contributed by atoms with Crippen LogP contribution < -0.4 is 31.1 Å². The molecule has 0 saturated heterocycles. The van der Waals surface area contributed by atoms with Gasteiger partial charge < -0.3 is 19.1 Å². The van der Waals surface area contributed by atoms with Crippen molar-refractivity contribution in [2.75, 3.05) is 14.7 Å². The van der Waals surface area contributed by atoms with Crippen molar-refractivity contribution in [2.24, 2.45) is 0 Å². The zero-order chi connectivity index (χ0) is 59.2. The molecule has 2 unspecified atom stereocenters. The molecule has 0 amide bonds. The van der Waals surface area contributed by atoms with Gasteiger partial charge in [0.1, 0.15) is 5.58 Å². The Labute approximate surface area is 503 Å².